The molecular formula is C23H19N3O8S. The van der Waals surface area contributed by atoms with Crippen LogP contribution in [-0.4, -0.2) is 43.5 Å². The molecule has 0 radical (unpaired) electrons. The minimum atomic E-state index is -4.24. The summed E-state index contributed by atoms with van der Waals surface area (Å²) < 4.78 is 32.6. The van der Waals surface area contributed by atoms with Crippen molar-refractivity contribution in [3.05, 3.63) is 88.0 Å². The number of nitro benzene ring substituents is 1. The third-order valence-corrected chi connectivity index (χ3v) is 6.70. The number of phenols is 1. The lowest BCUT2D eigenvalue weighted by atomic mass is 10.2. The highest BCUT2D eigenvalue weighted by molar-refractivity contribution is 7.92. The van der Waals surface area contributed by atoms with Crippen LogP contribution in [0.2, 0.25) is 0 Å². The number of non-ortho nitro benzene ring substituents is 1. The maximum absolute atomic E-state index is 12.6. The molecule has 0 aromatic heterocycles. The summed E-state index contributed by atoms with van der Waals surface area (Å²) in [5.41, 5.74) is 0.885. The Labute approximate surface area is 199 Å². The predicted molar refractivity (Wildman–Crippen MR) is 125 cm³/mol. The Morgan fingerprint density at radius 3 is 2.63 bits per heavy atom. The lowest BCUT2D eigenvalue weighted by Crippen LogP contribution is -2.33. The van der Waals surface area contributed by atoms with E-state index in [1.165, 1.54) is 23.1 Å². The summed E-state index contributed by atoms with van der Waals surface area (Å²) in [6.07, 6.45) is 0.684. The van der Waals surface area contributed by atoms with Crippen molar-refractivity contribution in [2.75, 3.05) is 22.8 Å². The maximum Gasteiger partial charge on any atom is 0.342 e. The van der Waals surface area contributed by atoms with Gasteiger partial charge in [-0.05, 0) is 42.3 Å². The van der Waals surface area contributed by atoms with Gasteiger partial charge in [0.1, 0.15) is 11.3 Å². The zero-order valence-electron chi connectivity index (χ0n) is 18.1. The SMILES string of the molecule is O=C(OCC(=O)N1CCc2ccccc21)c1cc(NS(=O)(=O)c2cccc([N+](=O)[O-])c2)ccc1O. The molecule has 1 amide bonds. The van der Waals surface area contributed by atoms with E-state index in [1.54, 1.807) is 12.1 Å². The van der Waals surface area contributed by atoms with Crippen LogP contribution in [0.3, 0.4) is 0 Å². The molecule has 0 aliphatic carbocycles. The molecule has 3 aromatic rings. The third-order valence-electron chi connectivity index (χ3n) is 5.32. The zero-order chi connectivity index (χ0) is 25.2. The number of carbonyl (C=O) groups excluding carboxylic acids is 2. The summed E-state index contributed by atoms with van der Waals surface area (Å²) in [6.45, 7) is -0.119. The molecule has 1 aliphatic rings. The minimum absolute atomic E-state index is 0.0962. The van der Waals surface area contributed by atoms with Gasteiger partial charge in [0.05, 0.1) is 9.82 Å². The summed E-state index contributed by atoms with van der Waals surface area (Å²) in [6, 6.07) is 15.1. The van der Waals surface area contributed by atoms with Crippen molar-refractivity contribution in [2.24, 2.45) is 0 Å². The number of rotatable bonds is 7. The lowest BCUT2D eigenvalue weighted by molar-refractivity contribution is -0.385. The molecule has 0 unspecified atom stereocenters. The highest BCUT2D eigenvalue weighted by Gasteiger charge is 2.26. The fraction of sp³-hybridized carbons (Fsp3) is 0.130. The number of amides is 1. The standard InChI is InChI=1S/C23H19N3O8S/c27-21-9-8-16(24-35(32,33)18-6-3-5-17(13-18)26(30)31)12-19(21)23(29)34-14-22(28)25-11-10-15-4-1-2-7-20(15)25/h1-9,12-13,24,27H,10-11,14H2. The van der Waals surface area contributed by atoms with Gasteiger partial charge < -0.3 is 14.7 Å². The number of hydrogen-bond acceptors (Lipinski definition) is 8. The number of nitrogens with one attached hydrogen (secondary N) is 1. The van der Waals surface area contributed by atoms with Crippen LogP contribution in [0, 0.1) is 10.1 Å². The molecule has 0 saturated heterocycles. The Kier molecular flexibility index (Phi) is 6.38. The quantitative estimate of drug-likeness (QED) is 0.218. The van der Waals surface area contributed by atoms with Crippen molar-refractivity contribution < 1.29 is 32.8 Å². The molecule has 1 aliphatic heterocycles. The van der Waals surface area contributed by atoms with Crippen LogP contribution < -0.4 is 9.62 Å². The number of aromatic hydroxyl groups is 1. The Morgan fingerprint density at radius 2 is 1.86 bits per heavy atom. The van der Waals surface area contributed by atoms with Gasteiger partial charge >= 0.3 is 5.97 Å². The van der Waals surface area contributed by atoms with E-state index in [-0.39, 0.29) is 16.1 Å². The summed E-state index contributed by atoms with van der Waals surface area (Å²) in [5.74, 6) is -1.95. The molecule has 1 heterocycles. The van der Waals surface area contributed by atoms with Crippen molar-refractivity contribution in [3.63, 3.8) is 0 Å². The average Bonchev–Trinajstić information content (AvgIpc) is 3.28. The summed E-state index contributed by atoms with van der Waals surface area (Å²) in [5, 5.41) is 21.0. The Bertz CT molecular complexity index is 1440. The molecule has 0 spiro atoms. The van der Waals surface area contributed by atoms with Gasteiger partial charge in [-0.3, -0.25) is 19.6 Å². The molecule has 4 rings (SSSR count). The molecule has 0 fully saturated rings. The molecule has 0 atom stereocenters. The number of sulfonamides is 1. The predicted octanol–water partition coefficient (Wildman–Crippen LogP) is 2.85. The smallest absolute Gasteiger partial charge is 0.342 e. The average molecular weight is 497 g/mol. The van der Waals surface area contributed by atoms with Gasteiger partial charge in [-0.2, -0.15) is 0 Å². The zero-order valence-corrected chi connectivity index (χ0v) is 18.9. The summed E-state index contributed by atoms with van der Waals surface area (Å²) in [7, 11) is -4.24. The molecular weight excluding hydrogens is 478 g/mol. The number of phenolic OH excluding ortho intramolecular Hbond substituents is 1. The molecule has 0 bridgehead atoms. The number of ether oxygens (including phenoxy) is 1. The Hall–Kier alpha value is -4.45. The minimum Gasteiger partial charge on any atom is -0.507 e. The number of fused-ring (bicyclic) bond motifs is 1. The van der Waals surface area contributed by atoms with Gasteiger partial charge in [-0.25, -0.2) is 13.2 Å². The third kappa shape index (κ3) is 5.06. The Balaban J connectivity index is 1.46. The molecule has 35 heavy (non-hydrogen) atoms. The van der Waals surface area contributed by atoms with Crippen LogP contribution in [0.15, 0.2) is 71.6 Å². The van der Waals surface area contributed by atoms with E-state index in [4.69, 9.17) is 4.74 Å². The number of carbonyl (C=O) groups is 2. The number of nitro groups is 1. The lowest BCUT2D eigenvalue weighted by Gasteiger charge is -2.17. The van der Waals surface area contributed by atoms with Gasteiger partial charge in [-0.1, -0.05) is 24.3 Å². The van der Waals surface area contributed by atoms with E-state index < -0.39 is 44.9 Å². The number of para-hydroxylation sites is 1. The second-order valence-electron chi connectivity index (χ2n) is 7.59. The molecule has 2 N–H and O–H groups in total. The van der Waals surface area contributed by atoms with Crippen molar-refractivity contribution in [2.45, 2.75) is 11.3 Å². The highest BCUT2D eigenvalue weighted by atomic mass is 32.2. The van der Waals surface area contributed by atoms with Crippen molar-refractivity contribution in [1.82, 2.24) is 0 Å². The van der Waals surface area contributed by atoms with Crippen molar-refractivity contribution >= 4 is 39.0 Å². The van der Waals surface area contributed by atoms with E-state index in [2.05, 4.69) is 4.72 Å². The number of esters is 1. The van der Waals surface area contributed by atoms with Gasteiger partial charge in [0.2, 0.25) is 0 Å². The first-order chi connectivity index (χ1) is 16.7. The van der Waals surface area contributed by atoms with Gasteiger partial charge in [0.15, 0.2) is 6.61 Å². The summed E-state index contributed by atoms with van der Waals surface area (Å²) in [4.78, 5) is 36.4. The van der Waals surface area contributed by atoms with Gasteiger partial charge in [0.25, 0.3) is 21.6 Å². The normalized spacial score (nSPS) is 12.6. The largest absolute Gasteiger partial charge is 0.507 e. The highest BCUT2D eigenvalue weighted by Crippen LogP contribution is 2.28. The van der Waals surface area contributed by atoms with E-state index in [9.17, 15) is 33.2 Å². The number of benzene rings is 3. The first-order valence-corrected chi connectivity index (χ1v) is 11.8. The fourth-order valence-electron chi connectivity index (χ4n) is 3.62. The maximum atomic E-state index is 12.6. The first-order valence-electron chi connectivity index (χ1n) is 10.3. The van der Waals surface area contributed by atoms with Crippen LogP contribution in [0.4, 0.5) is 17.1 Å². The fourth-order valence-corrected chi connectivity index (χ4v) is 4.71. The molecule has 12 heteroatoms. The molecule has 0 saturated carbocycles. The second-order valence-corrected chi connectivity index (χ2v) is 9.27. The second kappa shape index (κ2) is 9.43. The van der Waals surface area contributed by atoms with Gasteiger partial charge in [-0.15, -0.1) is 0 Å². The van der Waals surface area contributed by atoms with Crippen LogP contribution >= 0.6 is 0 Å². The van der Waals surface area contributed by atoms with E-state index in [0.29, 0.717) is 13.0 Å². The number of anilines is 2. The van der Waals surface area contributed by atoms with Crippen LogP contribution in [0.25, 0.3) is 0 Å². The van der Waals surface area contributed by atoms with Crippen LogP contribution in [0.1, 0.15) is 15.9 Å². The van der Waals surface area contributed by atoms with Crippen molar-refractivity contribution in [3.8, 4) is 5.75 Å². The van der Waals surface area contributed by atoms with Crippen LogP contribution in [0.5, 0.6) is 5.75 Å². The van der Waals surface area contributed by atoms with Crippen molar-refractivity contribution in [1.29, 1.82) is 0 Å². The number of hydrogen-bond donors (Lipinski definition) is 2. The molecule has 11 nitrogen and oxygen atoms in total. The number of nitrogens with zero attached hydrogens (tertiary/aromatic N) is 2. The Morgan fingerprint density at radius 1 is 1.09 bits per heavy atom. The van der Waals surface area contributed by atoms with E-state index in [0.717, 1.165) is 35.5 Å². The van der Waals surface area contributed by atoms with E-state index >= 15 is 0 Å². The summed E-state index contributed by atoms with van der Waals surface area (Å²) >= 11 is 0. The molecule has 180 valence electrons. The van der Waals surface area contributed by atoms with Gasteiger partial charge in [0, 0.05) is 30.1 Å². The van der Waals surface area contributed by atoms with Crippen LogP contribution in [-0.2, 0) is 26.0 Å². The molecule has 3 aromatic carbocycles. The monoisotopic (exact) mass is 497 g/mol. The first kappa shape index (κ1) is 23.7. The van der Waals surface area contributed by atoms with E-state index in [1.807, 2.05) is 12.1 Å². The topological polar surface area (TPSA) is 156 Å².